The van der Waals surface area contributed by atoms with Gasteiger partial charge in [0.05, 0.1) is 32.9 Å². The molecule has 1 unspecified atom stereocenters. The van der Waals surface area contributed by atoms with Gasteiger partial charge in [0, 0.05) is 18.7 Å². The molecule has 194 valence electrons. The van der Waals surface area contributed by atoms with Crippen molar-refractivity contribution < 1.29 is 28.9 Å². The highest BCUT2D eigenvalue weighted by atomic mass is 16.5. The summed E-state index contributed by atoms with van der Waals surface area (Å²) in [6, 6.07) is 8.16. The van der Waals surface area contributed by atoms with E-state index in [1.807, 2.05) is 51.9 Å². The zero-order valence-electron chi connectivity index (χ0n) is 22.3. The number of ether oxygens (including phenoxy) is 3. The molecule has 1 aliphatic heterocycles. The maximum absolute atomic E-state index is 13.4. The SMILES string of the molecule is COc1ccc(C2/C(=C(\O)c3cc(C(C)C)c(OC)cc3C)C(=O)C(=O)N2CCN(C)C)cc1OC. The number of hydrogen-bond donors (Lipinski definition) is 1. The highest BCUT2D eigenvalue weighted by molar-refractivity contribution is 6.46. The number of carbonyl (C=O) groups is 2. The lowest BCUT2D eigenvalue weighted by atomic mass is 9.91. The Morgan fingerprint density at radius 3 is 2.19 bits per heavy atom. The number of nitrogens with zero attached hydrogens (tertiary/aromatic N) is 2. The number of likely N-dealkylation sites (N-methyl/N-ethyl adjacent to an activating group) is 1. The highest BCUT2D eigenvalue weighted by Gasteiger charge is 2.46. The van der Waals surface area contributed by atoms with Gasteiger partial charge in [0.15, 0.2) is 11.5 Å². The molecule has 1 saturated heterocycles. The van der Waals surface area contributed by atoms with Gasteiger partial charge in [-0.2, -0.15) is 0 Å². The van der Waals surface area contributed by atoms with E-state index >= 15 is 0 Å². The van der Waals surface area contributed by atoms with Gasteiger partial charge in [0.25, 0.3) is 11.7 Å². The first-order valence-electron chi connectivity index (χ1n) is 11.9. The number of aliphatic hydroxyl groups is 1. The van der Waals surface area contributed by atoms with Crippen LogP contribution in [-0.2, 0) is 9.59 Å². The monoisotopic (exact) mass is 496 g/mol. The fourth-order valence-electron chi connectivity index (χ4n) is 4.51. The van der Waals surface area contributed by atoms with Crippen LogP contribution in [0.25, 0.3) is 5.76 Å². The first kappa shape index (κ1) is 27.1. The molecule has 8 nitrogen and oxygen atoms in total. The molecule has 0 aromatic heterocycles. The zero-order chi connectivity index (χ0) is 26.7. The lowest BCUT2D eigenvalue weighted by Gasteiger charge is -2.27. The number of benzene rings is 2. The van der Waals surface area contributed by atoms with E-state index in [1.54, 1.807) is 32.4 Å². The van der Waals surface area contributed by atoms with E-state index in [-0.39, 0.29) is 17.3 Å². The smallest absolute Gasteiger partial charge is 0.295 e. The summed E-state index contributed by atoms with van der Waals surface area (Å²) in [5, 5.41) is 11.6. The Morgan fingerprint density at radius 1 is 1.00 bits per heavy atom. The van der Waals surface area contributed by atoms with Gasteiger partial charge in [-0.15, -0.1) is 0 Å². The number of amides is 1. The van der Waals surface area contributed by atoms with Crippen LogP contribution in [0, 0.1) is 6.92 Å². The van der Waals surface area contributed by atoms with Gasteiger partial charge in [-0.3, -0.25) is 9.59 Å². The number of methoxy groups -OCH3 is 3. The van der Waals surface area contributed by atoms with Gasteiger partial charge in [0.2, 0.25) is 0 Å². The maximum Gasteiger partial charge on any atom is 0.295 e. The summed E-state index contributed by atoms with van der Waals surface area (Å²) in [6.07, 6.45) is 0. The molecular formula is C28H36N2O6. The number of Topliss-reactive ketones (excluding diaryl/α,β-unsaturated/α-hetero) is 1. The number of carbonyl (C=O) groups excluding carboxylic acids is 2. The molecule has 1 aliphatic rings. The Bertz CT molecular complexity index is 1180. The molecule has 36 heavy (non-hydrogen) atoms. The third kappa shape index (κ3) is 5.04. The number of likely N-dealkylation sites (tertiary alicyclic amines) is 1. The second-order valence-corrected chi connectivity index (χ2v) is 9.47. The van der Waals surface area contributed by atoms with E-state index in [0.29, 0.717) is 41.5 Å². The molecule has 0 radical (unpaired) electrons. The van der Waals surface area contributed by atoms with Crippen LogP contribution in [0.4, 0.5) is 0 Å². The Labute approximate surface area is 213 Å². The molecule has 1 fully saturated rings. The summed E-state index contributed by atoms with van der Waals surface area (Å²) >= 11 is 0. The summed E-state index contributed by atoms with van der Waals surface area (Å²) in [5.41, 5.74) is 2.82. The van der Waals surface area contributed by atoms with Crippen LogP contribution in [0.2, 0.25) is 0 Å². The van der Waals surface area contributed by atoms with Gasteiger partial charge >= 0.3 is 0 Å². The molecule has 1 amide bonds. The van der Waals surface area contributed by atoms with Crippen LogP contribution in [0.3, 0.4) is 0 Å². The topological polar surface area (TPSA) is 88.5 Å². The largest absolute Gasteiger partial charge is 0.507 e. The van der Waals surface area contributed by atoms with E-state index in [4.69, 9.17) is 14.2 Å². The number of ketones is 1. The van der Waals surface area contributed by atoms with Crippen molar-refractivity contribution in [2.24, 2.45) is 0 Å². The number of rotatable bonds is 9. The summed E-state index contributed by atoms with van der Waals surface area (Å²) in [5.74, 6) is 0.261. The minimum absolute atomic E-state index is 0.0500. The number of hydrogen-bond acceptors (Lipinski definition) is 7. The Morgan fingerprint density at radius 2 is 1.64 bits per heavy atom. The Balaban J connectivity index is 2.27. The predicted molar refractivity (Wildman–Crippen MR) is 139 cm³/mol. The predicted octanol–water partition coefficient (Wildman–Crippen LogP) is 4.13. The number of aryl methyl sites for hydroxylation is 1. The Kier molecular flexibility index (Phi) is 8.30. The van der Waals surface area contributed by atoms with Crippen molar-refractivity contribution in [1.29, 1.82) is 0 Å². The van der Waals surface area contributed by atoms with Gasteiger partial charge in [-0.1, -0.05) is 19.9 Å². The van der Waals surface area contributed by atoms with Crippen molar-refractivity contribution in [1.82, 2.24) is 9.80 Å². The van der Waals surface area contributed by atoms with Gasteiger partial charge in [-0.05, 0) is 67.9 Å². The lowest BCUT2D eigenvalue weighted by molar-refractivity contribution is -0.140. The Hall–Kier alpha value is -3.52. The fraction of sp³-hybridized carbons (Fsp3) is 0.429. The van der Waals surface area contributed by atoms with E-state index < -0.39 is 17.7 Å². The van der Waals surface area contributed by atoms with Gasteiger partial charge < -0.3 is 29.1 Å². The first-order valence-corrected chi connectivity index (χ1v) is 11.9. The van der Waals surface area contributed by atoms with E-state index in [2.05, 4.69) is 0 Å². The summed E-state index contributed by atoms with van der Waals surface area (Å²) in [7, 11) is 8.47. The summed E-state index contributed by atoms with van der Waals surface area (Å²) in [4.78, 5) is 30.1. The van der Waals surface area contributed by atoms with Crippen molar-refractivity contribution in [2.45, 2.75) is 32.7 Å². The van der Waals surface area contributed by atoms with Gasteiger partial charge in [0.1, 0.15) is 11.5 Å². The molecule has 1 heterocycles. The average Bonchev–Trinajstić information content (AvgIpc) is 3.10. The van der Waals surface area contributed by atoms with E-state index in [1.165, 1.54) is 12.0 Å². The molecule has 0 bridgehead atoms. The minimum Gasteiger partial charge on any atom is -0.507 e. The van der Waals surface area contributed by atoms with Crippen molar-refractivity contribution in [2.75, 3.05) is 48.5 Å². The fourth-order valence-corrected chi connectivity index (χ4v) is 4.51. The third-order valence-electron chi connectivity index (χ3n) is 6.51. The van der Waals surface area contributed by atoms with Gasteiger partial charge in [-0.25, -0.2) is 0 Å². The lowest BCUT2D eigenvalue weighted by Crippen LogP contribution is -2.35. The van der Waals surface area contributed by atoms with Crippen LogP contribution in [-0.4, -0.2) is 75.1 Å². The zero-order valence-corrected chi connectivity index (χ0v) is 22.3. The second kappa shape index (κ2) is 11.0. The van der Waals surface area contributed by atoms with Crippen LogP contribution < -0.4 is 14.2 Å². The van der Waals surface area contributed by atoms with Crippen LogP contribution in [0.15, 0.2) is 35.9 Å². The van der Waals surface area contributed by atoms with E-state index in [0.717, 1.165) is 11.1 Å². The molecule has 3 rings (SSSR count). The highest BCUT2D eigenvalue weighted by Crippen LogP contribution is 2.43. The molecule has 0 saturated carbocycles. The maximum atomic E-state index is 13.4. The van der Waals surface area contributed by atoms with Crippen LogP contribution in [0.5, 0.6) is 17.2 Å². The second-order valence-electron chi connectivity index (χ2n) is 9.47. The minimum atomic E-state index is -0.784. The van der Waals surface area contributed by atoms with Crippen molar-refractivity contribution in [3.63, 3.8) is 0 Å². The van der Waals surface area contributed by atoms with E-state index in [9.17, 15) is 14.7 Å². The molecule has 1 atom stereocenters. The summed E-state index contributed by atoms with van der Waals surface area (Å²) in [6.45, 7) is 6.76. The molecule has 0 aliphatic carbocycles. The quantitative estimate of drug-likeness (QED) is 0.317. The third-order valence-corrected chi connectivity index (χ3v) is 6.51. The molecule has 8 heteroatoms. The number of aliphatic hydroxyl groups excluding tert-OH is 1. The molecule has 0 spiro atoms. The van der Waals surface area contributed by atoms with Crippen molar-refractivity contribution in [3.05, 3.63) is 58.2 Å². The molecule has 2 aromatic rings. The molecular weight excluding hydrogens is 460 g/mol. The standard InChI is InChI=1S/C28H36N2O6/c1-16(2)19-15-20(17(3)13-22(19)35-7)26(31)24-25(18-9-10-21(34-6)23(14-18)36-8)30(12-11-29(4)5)28(33)27(24)32/h9-10,13-16,25,31H,11-12H2,1-8H3/b26-24+. The van der Waals surface area contributed by atoms with Crippen molar-refractivity contribution >= 4 is 17.4 Å². The first-order chi connectivity index (χ1) is 17.0. The molecule has 1 N–H and O–H groups in total. The molecule has 2 aromatic carbocycles. The normalized spacial score (nSPS) is 17.3. The van der Waals surface area contributed by atoms with Crippen molar-refractivity contribution in [3.8, 4) is 17.2 Å². The average molecular weight is 497 g/mol. The summed E-state index contributed by atoms with van der Waals surface area (Å²) < 4.78 is 16.4. The van der Waals surface area contributed by atoms with Crippen LogP contribution in [0.1, 0.15) is 48.1 Å². The van der Waals surface area contributed by atoms with Crippen LogP contribution >= 0.6 is 0 Å².